The van der Waals surface area contributed by atoms with E-state index in [1.165, 1.54) is 180 Å². The molecular formula is C61H115NO8P+. The monoisotopic (exact) mass is 1020 g/mol. The number of phosphoric acid groups is 1. The molecule has 2 atom stereocenters. The Labute approximate surface area is 439 Å². The molecule has 10 heteroatoms. The summed E-state index contributed by atoms with van der Waals surface area (Å²) in [5.41, 5.74) is 0. The van der Waals surface area contributed by atoms with Crippen LogP contribution < -0.4 is 0 Å². The van der Waals surface area contributed by atoms with Crippen molar-refractivity contribution in [2.75, 3.05) is 47.5 Å². The van der Waals surface area contributed by atoms with Crippen LogP contribution in [0.4, 0.5) is 0 Å². The van der Waals surface area contributed by atoms with E-state index < -0.39 is 26.5 Å². The molecule has 2 unspecified atom stereocenters. The maximum absolute atomic E-state index is 12.8. The lowest BCUT2D eigenvalue weighted by Gasteiger charge is -2.24. The minimum absolute atomic E-state index is 0.0309. The van der Waals surface area contributed by atoms with Crippen molar-refractivity contribution in [2.24, 2.45) is 0 Å². The first-order valence-electron chi connectivity index (χ1n) is 29.9. The largest absolute Gasteiger partial charge is 0.472 e. The van der Waals surface area contributed by atoms with Gasteiger partial charge in [-0.05, 0) is 77.0 Å². The summed E-state index contributed by atoms with van der Waals surface area (Å²) in [6.07, 6.45) is 66.1. The molecule has 9 nitrogen and oxygen atoms in total. The molecule has 0 radical (unpaired) electrons. The number of hydrogen-bond acceptors (Lipinski definition) is 7. The molecule has 0 aliphatic rings. The van der Waals surface area contributed by atoms with Crippen molar-refractivity contribution in [3.63, 3.8) is 0 Å². The van der Waals surface area contributed by atoms with Crippen LogP contribution in [-0.2, 0) is 32.7 Å². The standard InChI is InChI=1S/C61H114NO8P/c1-6-8-10-12-14-16-18-20-22-24-25-26-27-28-29-30-31-32-33-34-35-36-37-38-40-42-44-46-48-50-52-54-61(64)70-59(58-69-71(65,66)68-56-55-62(3,4)5)57-67-60(63)53-51-49-47-45-43-41-39-23-21-19-17-15-13-11-9-7-2/h18,20,23-25,27-28,39,59H,6-17,19,21-22,26,29-38,40-58H2,1-5H3/p+1/b20-18-,25-24-,28-27-,39-23-. The lowest BCUT2D eigenvalue weighted by atomic mass is 10.0. The van der Waals surface area contributed by atoms with E-state index in [0.717, 1.165) is 64.2 Å². The number of esters is 2. The lowest BCUT2D eigenvalue weighted by Crippen LogP contribution is -2.37. The van der Waals surface area contributed by atoms with Gasteiger partial charge in [0.2, 0.25) is 0 Å². The molecule has 0 heterocycles. The predicted octanol–water partition coefficient (Wildman–Crippen LogP) is 18.5. The molecule has 0 aliphatic carbocycles. The van der Waals surface area contributed by atoms with Crippen LogP contribution in [0.5, 0.6) is 0 Å². The van der Waals surface area contributed by atoms with E-state index in [0.29, 0.717) is 17.4 Å². The van der Waals surface area contributed by atoms with Gasteiger partial charge in [-0.2, -0.15) is 0 Å². The molecule has 0 aromatic carbocycles. The van der Waals surface area contributed by atoms with Gasteiger partial charge in [0.05, 0.1) is 27.7 Å². The first-order valence-corrected chi connectivity index (χ1v) is 31.4. The number of unbranched alkanes of at least 4 members (excludes halogenated alkanes) is 33. The highest BCUT2D eigenvalue weighted by atomic mass is 31.2. The number of allylic oxidation sites excluding steroid dienone is 8. The minimum Gasteiger partial charge on any atom is -0.462 e. The van der Waals surface area contributed by atoms with Gasteiger partial charge in [0.1, 0.15) is 19.8 Å². The molecule has 71 heavy (non-hydrogen) atoms. The average Bonchev–Trinajstić information content (AvgIpc) is 3.33. The molecule has 0 aromatic rings. The summed E-state index contributed by atoms with van der Waals surface area (Å²) in [6.45, 7) is 4.44. The first kappa shape index (κ1) is 69.0. The number of likely N-dealkylation sites (N-methyl/N-ethyl adjacent to an activating group) is 1. The molecule has 0 fully saturated rings. The van der Waals surface area contributed by atoms with E-state index in [4.69, 9.17) is 18.5 Å². The zero-order valence-corrected chi connectivity index (χ0v) is 48.1. The smallest absolute Gasteiger partial charge is 0.462 e. The number of hydrogen-bond donors (Lipinski definition) is 1. The second-order valence-electron chi connectivity index (χ2n) is 21.4. The fourth-order valence-corrected chi connectivity index (χ4v) is 9.17. The predicted molar refractivity (Wildman–Crippen MR) is 303 cm³/mol. The Balaban J connectivity index is 4.08. The zero-order chi connectivity index (χ0) is 52.0. The number of rotatable bonds is 55. The van der Waals surface area contributed by atoms with Crippen molar-refractivity contribution < 1.29 is 42.1 Å². The first-order chi connectivity index (χ1) is 34.5. The van der Waals surface area contributed by atoms with Crippen LogP contribution in [0.25, 0.3) is 0 Å². The summed E-state index contributed by atoms with van der Waals surface area (Å²) in [6, 6.07) is 0. The maximum atomic E-state index is 12.8. The molecule has 0 aromatic heterocycles. The quantitative estimate of drug-likeness (QED) is 0.0211. The van der Waals surface area contributed by atoms with Gasteiger partial charge in [0.15, 0.2) is 6.10 Å². The number of nitrogens with zero attached hydrogens (tertiary/aromatic N) is 1. The molecule has 0 amide bonds. The third kappa shape index (κ3) is 57.1. The van der Waals surface area contributed by atoms with Gasteiger partial charge in [-0.15, -0.1) is 0 Å². The van der Waals surface area contributed by atoms with Crippen molar-refractivity contribution in [2.45, 2.75) is 283 Å². The Hall–Kier alpha value is -2.03. The fraction of sp³-hybridized carbons (Fsp3) is 0.836. The number of carbonyl (C=O) groups excluding carboxylic acids is 2. The summed E-state index contributed by atoms with van der Waals surface area (Å²) in [5, 5.41) is 0. The highest BCUT2D eigenvalue weighted by Crippen LogP contribution is 2.43. The second kappa shape index (κ2) is 52.8. The van der Waals surface area contributed by atoms with Crippen LogP contribution in [-0.4, -0.2) is 74.9 Å². The van der Waals surface area contributed by atoms with Crippen molar-refractivity contribution >= 4 is 19.8 Å². The van der Waals surface area contributed by atoms with Gasteiger partial charge in [-0.3, -0.25) is 18.6 Å². The second-order valence-corrected chi connectivity index (χ2v) is 22.8. The van der Waals surface area contributed by atoms with Crippen molar-refractivity contribution in [3.8, 4) is 0 Å². The van der Waals surface area contributed by atoms with E-state index in [9.17, 15) is 19.0 Å². The fourth-order valence-electron chi connectivity index (χ4n) is 8.43. The Morgan fingerprint density at radius 2 is 0.761 bits per heavy atom. The van der Waals surface area contributed by atoms with Crippen molar-refractivity contribution in [3.05, 3.63) is 48.6 Å². The molecule has 416 valence electrons. The molecule has 0 saturated carbocycles. The molecule has 1 N–H and O–H groups in total. The summed E-state index contributed by atoms with van der Waals surface area (Å²) in [5.74, 6) is -0.798. The van der Waals surface area contributed by atoms with E-state index in [1.54, 1.807) is 0 Å². The topological polar surface area (TPSA) is 108 Å². The van der Waals surface area contributed by atoms with Gasteiger partial charge in [-0.1, -0.05) is 236 Å². The number of ether oxygens (including phenoxy) is 2. The lowest BCUT2D eigenvalue weighted by molar-refractivity contribution is -0.870. The van der Waals surface area contributed by atoms with Gasteiger partial charge in [-0.25, -0.2) is 4.57 Å². The van der Waals surface area contributed by atoms with E-state index >= 15 is 0 Å². The Morgan fingerprint density at radius 1 is 0.437 bits per heavy atom. The molecular weight excluding hydrogens is 906 g/mol. The summed E-state index contributed by atoms with van der Waals surface area (Å²) >= 11 is 0. The number of quaternary nitrogens is 1. The van der Waals surface area contributed by atoms with Gasteiger partial charge in [0.25, 0.3) is 0 Å². The van der Waals surface area contributed by atoms with Gasteiger partial charge < -0.3 is 18.9 Å². The Morgan fingerprint density at radius 3 is 1.14 bits per heavy atom. The molecule has 0 saturated heterocycles. The molecule has 0 aliphatic heterocycles. The van der Waals surface area contributed by atoms with Crippen LogP contribution in [0.1, 0.15) is 277 Å². The maximum Gasteiger partial charge on any atom is 0.472 e. The molecule has 0 rings (SSSR count). The SMILES string of the molecule is CCCCCCC/C=C\C/C=C\C/C=C\CCCCCCCCCCCCCCCCCCC(=O)OC(COC(=O)CCCCCCC/C=C\CCCCCCCCC)COP(=O)(O)OCC[N+](C)(C)C. The summed E-state index contributed by atoms with van der Waals surface area (Å²) in [7, 11) is 1.48. The van der Waals surface area contributed by atoms with Crippen molar-refractivity contribution in [1.29, 1.82) is 0 Å². The molecule has 0 spiro atoms. The van der Waals surface area contributed by atoms with Crippen LogP contribution >= 0.6 is 7.82 Å². The van der Waals surface area contributed by atoms with Gasteiger partial charge >= 0.3 is 19.8 Å². The van der Waals surface area contributed by atoms with Crippen molar-refractivity contribution in [1.82, 2.24) is 0 Å². The van der Waals surface area contributed by atoms with Crippen LogP contribution in [0.15, 0.2) is 48.6 Å². The van der Waals surface area contributed by atoms with E-state index in [2.05, 4.69) is 62.5 Å². The Bertz CT molecular complexity index is 1340. The minimum atomic E-state index is -4.39. The van der Waals surface area contributed by atoms with Crippen LogP contribution in [0, 0.1) is 0 Å². The third-order valence-electron chi connectivity index (χ3n) is 13.1. The number of carbonyl (C=O) groups is 2. The average molecular weight is 1020 g/mol. The van der Waals surface area contributed by atoms with Gasteiger partial charge in [0, 0.05) is 12.8 Å². The Kier molecular flexibility index (Phi) is 51.3. The normalized spacial score (nSPS) is 13.6. The zero-order valence-electron chi connectivity index (χ0n) is 47.2. The van der Waals surface area contributed by atoms with E-state index in [1.807, 2.05) is 21.1 Å². The van der Waals surface area contributed by atoms with E-state index in [-0.39, 0.29) is 32.0 Å². The molecule has 0 bridgehead atoms. The van der Waals surface area contributed by atoms with Crippen LogP contribution in [0.3, 0.4) is 0 Å². The highest BCUT2D eigenvalue weighted by molar-refractivity contribution is 7.47. The highest BCUT2D eigenvalue weighted by Gasteiger charge is 2.27. The summed E-state index contributed by atoms with van der Waals surface area (Å²) < 4.78 is 34.6. The third-order valence-corrected chi connectivity index (χ3v) is 14.1. The van der Waals surface area contributed by atoms with Crippen LogP contribution in [0.2, 0.25) is 0 Å². The number of phosphoric ester groups is 1. The summed E-state index contributed by atoms with van der Waals surface area (Å²) in [4.78, 5) is 35.7.